The fourth-order valence-corrected chi connectivity index (χ4v) is 5.01. The molecule has 32 heavy (non-hydrogen) atoms. The second kappa shape index (κ2) is 9.21. The Bertz CT molecular complexity index is 1130. The van der Waals surface area contributed by atoms with Crippen molar-refractivity contribution >= 4 is 23.4 Å². The van der Waals surface area contributed by atoms with Gasteiger partial charge in [0.05, 0.1) is 19.3 Å². The fraction of sp³-hybridized carbons (Fsp3) is 0.308. The number of rotatable bonds is 5. The van der Waals surface area contributed by atoms with Crippen LogP contribution >= 0.6 is 11.6 Å². The number of allylic oxidation sites excluding steroid dienone is 3. The van der Waals surface area contributed by atoms with Gasteiger partial charge in [-0.1, -0.05) is 48.0 Å². The van der Waals surface area contributed by atoms with Gasteiger partial charge in [-0.25, -0.2) is 4.79 Å². The molecule has 5 nitrogen and oxygen atoms in total. The molecule has 2 aromatic rings. The number of dihydropyridines is 1. The summed E-state index contributed by atoms with van der Waals surface area (Å²) in [5.74, 6) is -0.256. The molecule has 166 valence electrons. The van der Waals surface area contributed by atoms with E-state index in [2.05, 4.69) is 5.32 Å². The van der Waals surface area contributed by atoms with Crippen molar-refractivity contribution in [1.29, 1.82) is 0 Å². The van der Waals surface area contributed by atoms with Crippen molar-refractivity contribution in [2.75, 3.05) is 13.7 Å². The first kappa shape index (κ1) is 22.2. The van der Waals surface area contributed by atoms with Crippen molar-refractivity contribution in [3.05, 3.63) is 87.2 Å². The number of halogens is 1. The summed E-state index contributed by atoms with van der Waals surface area (Å²) in [7, 11) is 1.64. The second-order valence-electron chi connectivity index (χ2n) is 8.00. The molecule has 0 saturated heterocycles. The van der Waals surface area contributed by atoms with Crippen LogP contribution in [0.15, 0.2) is 71.1 Å². The lowest BCUT2D eigenvalue weighted by Crippen LogP contribution is -2.36. The van der Waals surface area contributed by atoms with Gasteiger partial charge in [0, 0.05) is 40.2 Å². The van der Waals surface area contributed by atoms with E-state index in [-0.39, 0.29) is 18.3 Å². The number of hydrogen-bond acceptors (Lipinski definition) is 5. The van der Waals surface area contributed by atoms with Gasteiger partial charge in [-0.05, 0) is 43.5 Å². The Kier molecular flexibility index (Phi) is 6.38. The molecule has 0 spiro atoms. The van der Waals surface area contributed by atoms with Crippen molar-refractivity contribution in [3.63, 3.8) is 0 Å². The van der Waals surface area contributed by atoms with E-state index < -0.39 is 11.9 Å². The minimum Gasteiger partial charge on any atom is -0.496 e. The first-order valence-corrected chi connectivity index (χ1v) is 11.1. The summed E-state index contributed by atoms with van der Waals surface area (Å²) >= 11 is 6.55. The first-order valence-electron chi connectivity index (χ1n) is 10.7. The Labute approximate surface area is 193 Å². The summed E-state index contributed by atoms with van der Waals surface area (Å²) in [6, 6.07) is 15.1. The molecule has 0 fully saturated rings. The molecule has 1 heterocycles. The molecule has 0 amide bonds. The van der Waals surface area contributed by atoms with Crippen molar-refractivity contribution in [2.45, 2.75) is 38.5 Å². The molecular weight excluding hydrogens is 426 g/mol. The third kappa shape index (κ3) is 3.93. The number of hydrogen-bond donors (Lipinski definition) is 1. The van der Waals surface area contributed by atoms with Gasteiger partial charge in [0.25, 0.3) is 0 Å². The number of carbonyl (C=O) groups is 2. The van der Waals surface area contributed by atoms with E-state index in [1.807, 2.05) is 49.4 Å². The summed E-state index contributed by atoms with van der Waals surface area (Å²) < 4.78 is 10.9. The van der Waals surface area contributed by atoms with E-state index in [0.29, 0.717) is 34.7 Å². The maximum absolute atomic E-state index is 13.6. The Balaban J connectivity index is 1.82. The number of benzene rings is 2. The van der Waals surface area contributed by atoms with Crippen LogP contribution in [0.3, 0.4) is 0 Å². The predicted octanol–water partition coefficient (Wildman–Crippen LogP) is 5.27. The number of carbonyl (C=O) groups excluding carboxylic acids is 2. The molecular formula is C26H26ClNO4. The van der Waals surface area contributed by atoms with Crippen LogP contribution in [0.25, 0.3) is 0 Å². The van der Waals surface area contributed by atoms with Crippen molar-refractivity contribution in [3.8, 4) is 5.75 Å². The maximum Gasteiger partial charge on any atom is 0.336 e. The third-order valence-corrected chi connectivity index (χ3v) is 6.46. The predicted molar refractivity (Wildman–Crippen MR) is 124 cm³/mol. The largest absolute Gasteiger partial charge is 0.496 e. The highest BCUT2D eigenvalue weighted by Crippen LogP contribution is 2.48. The molecule has 2 unspecified atom stereocenters. The average molecular weight is 452 g/mol. The van der Waals surface area contributed by atoms with Gasteiger partial charge in [-0.3, -0.25) is 4.79 Å². The summed E-state index contributed by atoms with van der Waals surface area (Å²) in [4.78, 5) is 26.5. The smallest absolute Gasteiger partial charge is 0.336 e. The molecule has 0 radical (unpaired) electrons. The number of para-hydroxylation sites is 1. The molecule has 2 atom stereocenters. The van der Waals surface area contributed by atoms with E-state index in [9.17, 15) is 9.59 Å². The lowest BCUT2D eigenvalue weighted by molar-refractivity contribution is -0.138. The van der Waals surface area contributed by atoms with Gasteiger partial charge in [-0.15, -0.1) is 0 Å². The van der Waals surface area contributed by atoms with Crippen LogP contribution in [-0.4, -0.2) is 25.5 Å². The Hall–Kier alpha value is -3.05. The van der Waals surface area contributed by atoms with Crippen molar-refractivity contribution in [2.24, 2.45) is 0 Å². The summed E-state index contributed by atoms with van der Waals surface area (Å²) in [5, 5.41) is 3.86. The fourth-order valence-electron chi connectivity index (χ4n) is 4.76. The van der Waals surface area contributed by atoms with Crippen LogP contribution in [0, 0.1) is 0 Å². The van der Waals surface area contributed by atoms with Crippen LogP contribution in [0.2, 0.25) is 5.02 Å². The van der Waals surface area contributed by atoms with E-state index in [4.69, 9.17) is 21.1 Å². The number of ether oxygens (including phenoxy) is 2. The van der Waals surface area contributed by atoms with E-state index in [0.717, 1.165) is 22.6 Å². The number of ketones is 1. The number of Topliss-reactive ketones (excluding diaryl/α,β-unsaturated/α-hetero) is 1. The summed E-state index contributed by atoms with van der Waals surface area (Å²) in [5.41, 5.74) is 4.27. The Morgan fingerprint density at radius 2 is 1.78 bits per heavy atom. The molecule has 1 N–H and O–H groups in total. The molecule has 2 aliphatic rings. The van der Waals surface area contributed by atoms with Crippen molar-refractivity contribution in [1.82, 2.24) is 5.32 Å². The molecule has 1 aliphatic carbocycles. The zero-order valence-corrected chi connectivity index (χ0v) is 19.2. The lowest BCUT2D eigenvalue weighted by atomic mass is 9.71. The number of esters is 1. The SMILES string of the molecule is CCOC(=O)C1=C(C)NC2=C(C(=O)CC(c3ccccc3OC)C2)C1c1ccccc1Cl. The monoisotopic (exact) mass is 451 g/mol. The lowest BCUT2D eigenvalue weighted by Gasteiger charge is -2.37. The van der Waals surface area contributed by atoms with E-state index in [1.54, 1.807) is 20.1 Å². The third-order valence-electron chi connectivity index (χ3n) is 6.12. The molecule has 0 aromatic heterocycles. The second-order valence-corrected chi connectivity index (χ2v) is 8.41. The molecule has 0 bridgehead atoms. The Morgan fingerprint density at radius 3 is 2.47 bits per heavy atom. The van der Waals surface area contributed by atoms with Crippen LogP contribution in [0.4, 0.5) is 0 Å². The van der Waals surface area contributed by atoms with E-state index in [1.165, 1.54) is 0 Å². The van der Waals surface area contributed by atoms with Gasteiger partial charge < -0.3 is 14.8 Å². The molecule has 2 aromatic carbocycles. The topological polar surface area (TPSA) is 64.6 Å². The van der Waals surface area contributed by atoms with Gasteiger partial charge in [0.2, 0.25) is 0 Å². The normalized spacial score (nSPS) is 20.6. The highest BCUT2D eigenvalue weighted by molar-refractivity contribution is 6.31. The Morgan fingerprint density at radius 1 is 1.09 bits per heavy atom. The first-order chi connectivity index (χ1) is 15.5. The number of methoxy groups -OCH3 is 1. The number of nitrogens with one attached hydrogen (secondary N) is 1. The molecule has 6 heteroatoms. The van der Waals surface area contributed by atoms with Gasteiger partial charge in [0.1, 0.15) is 5.75 Å². The molecule has 4 rings (SSSR count). The van der Waals surface area contributed by atoms with Crippen LogP contribution in [0.1, 0.15) is 49.7 Å². The van der Waals surface area contributed by atoms with E-state index >= 15 is 0 Å². The zero-order chi connectivity index (χ0) is 22.8. The molecule has 1 aliphatic heterocycles. The highest BCUT2D eigenvalue weighted by atomic mass is 35.5. The summed E-state index contributed by atoms with van der Waals surface area (Å²) in [6.07, 6.45) is 0.965. The van der Waals surface area contributed by atoms with Gasteiger partial charge in [0.15, 0.2) is 5.78 Å². The maximum atomic E-state index is 13.6. The average Bonchev–Trinajstić information content (AvgIpc) is 2.78. The van der Waals surface area contributed by atoms with Crippen molar-refractivity contribution < 1.29 is 19.1 Å². The van der Waals surface area contributed by atoms with Crippen LogP contribution in [-0.2, 0) is 14.3 Å². The molecule has 0 saturated carbocycles. The zero-order valence-electron chi connectivity index (χ0n) is 18.4. The quantitative estimate of drug-likeness (QED) is 0.627. The highest BCUT2D eigenvalue weighted by Gasteiger charge is 2.42. The minimum absolute atomic E-state index is 0.00567. The minimum atomic E-state index is -0.565. The van der Waals surface area contributed by atoms with Gasteiger partial charge in [-0.2, -0.15) is 0 Å². The van der Waals surface area contributed by atoms with Crippen LogP contribution < -0.4 is 10.1 Å². The van der Waals surface area contributed by atoms with Crippen LogP contribution in [0.5, 0.6) is 5.75 Å². The standard InChI is InChI=1S/C26H26ClNO4/c1-4-32-26(30)23-15(2)28-20-13-16(17-9-6-8-12-22(17)31-3)14-21(29)25(20)24(23)18-10-5-7-11-19(18)27/h5-12,16,24,28H,4,13-14H2,1-3H3. The van der Waals surface area contributed by atoms with Gasteiger partial charge >= 0.3 is 5.97 Å². The summed E-state index contributed by atoms with van der Waals surface area (Å²) in [6.45, 7) is 3.86.